The lowest BCUT2D eigenvalue weighted by Gasteiger charge is -2.09. The Hall–Kier alpha value is -1.35. The van der Waals surface area contributed by atoms with Crippen molar-refractivity contribution in [1.82, 2.24) is 0 Å². The molecule has 0 aliphatic carbocycles. The van der Waals surface area contributed by atoms with Gasteiger partial charge in [-0.25, -0.2) is 0 Å². The molecule has 1 aliphatic rings. The molecule has 1 aromatic carbocycles. The molecule has 1 aromatic rings. The lowest BCUT2D eigenvalue weighted by atomic mass is 9.99. The first-order chi connectivity index (χ1) is 7.24. The van der Waals surface area contributed by atoms with Crippen LogP contribution in [0, 0.1) is 0 Å². The molecule has 1 heterocycles. The first-order valence-electron chi connectivity index (χ1n) is 5.39. The second-order valence-electron chi connectivity index (χ2n) is 3.91. The summed E-state index contributed by atoms with van der Waals surface area (Å²) >= 11 is 0. The highest BCUT2D eigenvalue weighted by Crippen LogP contribution is 2.29. The second-order valence-corrected chi connectivity index (χ2v) is 3.91. The minimum Gasteiger partial charge on any atom is -0.330 e. The summed E-state index contributed by atoms with van der Waals surface area (Å²) in [4.78, 5) is 11.3. The number of carbonyl (C=O) groups excluding carboxylic acids is 1. The van der Waals surface area contributed by atoms with Gasteiger partial charge >= 0.3 is 0 Å². The molecule has 0 spiro atoms. The third-order valence-electron chi connectivity index (χ3n) is 2.80. The number of anilines is 1. The third-order valence-corrected chi connectivity index (χ3v) is 2.80. The van der Waals surface area contributed by atoms with Crippen LogP contribution in [0.25, 0.3) is 0 Å². The molecular weight excluding hydrogens is 188 g/mol. The van der Waals surface area contributed by atoms with Gasteiger partial charge in [0.05, 0.1) is 6.42 Å². The smallest absolute Gasteiger partial charge is 0.228 e. The SMILES string of the molecule is CCc1cc(CCN)c2c(c1)CC(=O)N2. The van der Waals surface area contributed by atoms with Crippen molar-refractivity contribution in [3.63, 3.8) is 0 Å². The van der Waals surface area contributed by atoms with Crippen LogP contribution in [-0.2, 0) is 24.1 Å². The van der Waals surface area contributed by atoms with Crippen LogP contribution >= 0.6 is 0 Å². The van der Waals surface area contributed by atoms with Crippen molar-refractivity contribution in [2.45, 2.75) is 26.2 Å². The molecule has 3 heteroatoms. The van der Waals surface area contributed by atoms with E-state index >= 15 is 0 Å². The zero-order chi connectivity index (χ0) is 10.8. The number of hydrogen-bond acceptors (Lipinski definition) is 2. The number of nitrogens with one attached hydrogen (secondary N) is 1. The lowest BCUT2D eigenvalue weighted by Crippen LogP contribution is -2.08. The number of benzene rings is 1. The highest BCUT2D eigenvalue weighted by molar-refractivity contribution is 6.00. The van der Waals surface area contributed by atoms with Crippen molar-refractivity contribution < 1.29 is 4.79 Å². The molecule has 0 fully saturated rings. The molecule has 3 nitrogen and oxygen atoms in total. The molecule has 1 amide bonds. The summed E-state index contributed by atoms with van der Waals surface area (Å²) in [5.74, 6) is 0.0940. The van der Waals surface area contributed by atoms with Gasteiger partial charge in [-0.2, -0.15) is 0 Å². The monoisotopic (exact) mass is 204 g/mol. The molecule has 2 rings (SSSR count). The molecule has 0 saturated heterocycles. The zero-order valence-electron chi connectivity index (χ0n) is 8.97. The van der Waals surface area contributed by atoms with Gasteiger partial charge in [-0.05, 0) is 36.1 Å². The fourth-order valence-electron chi connectivity index (χ4n) is 2.05. The molecule has 1 aliphatic heterocycles. The Kier molecular flexibility index (Phi) is 2.73. The largest absolute Gasteiger partial charge is 0.330 e. The van der Waals surface area contributed by atoms with Crippen molar-refractivity contribution in [2.75, 3.05) is 11.9 Å². The molecule has 0 bridgehead atoms. The minimum atomic E-state index is 0.0940. The second kappa shape index (κ2) is 4.03. The Labute approximate surface area is 89.7 Å². The summed E-state index contributed by atoms with van der Waals surface area (Å²) in [7, 11) is 0. The van der Waals surface area contributed by atoms with Gasteiger partial charge in [0.25, 0.3) is 0 Å². The maximum atomic E-state index is 11.3. The van der Waals surface area contributed by atoms with Crippen LogP contribution < -0.4 is 11.1 Å². The number of carbonyl (C=O) groups is 1. The van der Waals surface area contributed by atoms with Crippen molar-refractivity contribution in [1.29, 1.82) is 0 Å². The van der Waals surface area contributed by atoms with Gasteiger partial charge in [-0.1, -0.05) is 19.1 Å². The summed E-state index contributed by atoms with van der Waals surface area (Å²) in [6.07, 6.45) is 2.34. The molecule has 0 unspecified atom stereocenters. The summed E-state index contributed by atoms with van der Waals surface area (Å²) in [6.45, 7) is 2.74. The summed E-state index contributed by atoms with van der Waals surface area (Å²) in [6, 6.07) is 4.27. The van der Waals surface area contributed by atoms with Gasteiger partial charge in [0.1, 0.15) is 0 Å². The van der Waals surface area contributed by atoms with Crippen LogP contribution in [0.1, 0.15) is 23.6 Å². The van der Waals surface area contributed by atoms with E-state index in [2.05, 4.69) is 24.4 Å². The van der Waals surface area contributed by atoms with Crippen LogP contribution in [0.2, 0.25) is 0 Å². The van der Waals surface area contributed by atoms with Crippen LogP contribution in [0.3, 0.4) is 0 Å². The standard InChI is InChI=1S/C12H16N2O/c1-2-8-5-9(3-4-13)12-10(6-8)7-11(15)14-12/h5-6H,2-4,7,13H2,1H3,(H,14,15). The quantitative estimate of drug-likeness (QED) is 0.778. The fraction of sp³-hybridized carbons (Fsp3) is 0.417. The van der Waals surface area contributed by atoms with Gasteiger partial charge in [0.15, 0.2) is 0 Å². The van der Waals surface area contributed by atoms with Crippen molar-refractivity contribution in [2.24, 2.45) is 5.73 Å². The van der Waals surface area contributed by atoms with Crippen LogP contribution in [0.5, 0.6) is 0 Å². The van der Waals surface area contributed by atoms with Gasteiger partial charge < -0.3 is 11.1 Å². The van der Waals surface area contributed by atoms with Gasteiger partial charge in [0.2, 0.25) is 5.91 Å². The Morgan fingerprint density at radius 3 is 2.93 bits per heavy atom. The number of hydrogen-bond donors (Lipinski definition) is 2. The summed E-state index contributed by atoms with van der Waals surface area (Å²) < 4.78 is 0. The molecule has 0 saturated carbocycles. The first-order valence-corrected chi connectivity index (χ1v) is 5.39. The van der Waals surface area contributed by atoms with Gasteiger partial charge in [0, 0.05) is 5.69 Å². The number of aryl methyl sites for hydroxylation is 1. The molecular formula is C12H16N2O. The highest BCUT2D eigenvalue weighted by atomic mass is 16.1. The Morgan fingerprint density at radius 2 is 2.27 bits per heavy atom. The van der Waals surface area contributed by atoms with E-state index in [0.29, 0.717) is 13.0 Å². The summed E-state index contributed by atoms with van der Waals surface area (Å²) in [5, 5.41) is 2.91. The fourth-order valence-corrected chi connectivity index (χ4v) is 2.05. The van der Waals surface area contributed by atoms with E-state index in [-0.39, 0.29) is 5.91 Å². The van der Waals surface area contributed by atoms with Crippen molar-refractivity contribution in [3.05, 3.63) is 28.8 Å². The van der Waals surface area contributed by atoms with Crippen LogP contribution in [0.4, 0.5) is 5.69 Å². The Bertz CT molecular complexity index is 399. The average molecular weight is 204 g/mol. The predicted octanol–water partition coefficient (Wildman–Crippen LogP) is 1.24. The van der Waals surface area contributed by atoms with Gasteiger partial charge in [-0.3, -0.25) is 4.79 Å². The van der Waals surface area contributed by atoms with E-state index in [4.69, 9.17) is 5.73 Å². The minimum absolute atomic E-state index is 0.0940. The maximum Gasteiger partial charge on any atom is 0.228 e. The van der Waals surface area contributed by atoms with Crippen LogP contribution in [0.15, 0.2) is 12.1 Å². The van der Waals surface area contributed by atoms with Crippen molar-refractivity contribution >= 4 is 11.6 Å². The molecule has 80 valence electrons. The van der Waals surface area contributed by atoms with E-state index in [1.807, 2.05) is 0 Å². The molecule has 15 heavy (non-hydrogen) atoms. The Morgan fingerprint density at radius 1 is 1.47 bits per heavy atom. The summed E-state index contributed by atoms with van der Waals surface area (Å²) in [5.41, 5.74) is 10.2. The van der Waals surface area contributed by atoms with Crippen molar-refractivity contribution in [3.8, 4) is 0 Å². The normalized spacial score (nSPS) is 13.9. The maximum absolute atomic E-state index is 11.3. The van der Waals surface area contributed by atoms with Crippen LogP contribution in [-0.4, -0.2) is 12.5 Å². The molecule has 0 atom stereocenters. The Balaban J connectivity index is 2.44. The van der Waals surface area contributed by atoms with E-state index in [9.17, 15) is 4.79 Å². The first kappa shape index (κ1) is 10.2. The number of amides is 1. The number of rotatable bonds is 3. The predicted molar refractivity (Wildman–Crippen MR) is 60.9 cm³/mol. The number of nitrogens with two attached hydrogens (primary N) is 1. The topological polar surface area (TPSA) is 55.1 Å². The van der Waals surface area contributed by atoms with E-state index in [0.717, 1.165) is 24.1 Å². The number of fused-ring (bicyclic) bond motifs is 1. The third kappa shape index (κ3) is 1.88. The molecule has 0 aromatic heterocycles. The van der Waals surface area contributed by atoms with E-state index < -0.39 is 0 Å². The molecule has 3 N–H and O–H groups in total. The average Bonchev–Trinajstić information content (AvgIpc) is 2.58. The molecule has 0 radical (unpaired) electrons. The van der Waals surface area contributed by atoms with E-state index in [1.54, 1.807) is 0 Å². The van der Waals surface area contributed by atoms with Gasteiger partial charge in [-0.15, -0.1) is 0 Å². The van der Waals surface area contributed by atoms with E-state index in [1.165, 1.54) is 11.1 Å². The highest BCUT2D eigenvalue weighted by Gasteiger charge is 2.20. The lowest BCUT2D eigenvalue weighted by molar-refractivity contribution is -0.115. The zero-order valence-corrected chi connectivity index (χ0v) is 8.97.